The number of halogens is 2. The number of hydrogen-bond acceptors (Lipinski definition) is 6. The Hall–Kier alpha value is -3.53. The second-order valence-electron chi connectivity index (χ2n) is 9.21. The largest absolute Gasteiger partial charge is 0.489 e. The molecule has 0 aliphatic heterocycles. The van der Waals surface area contributed by atoms with E-state index in [1.807, 2.05) is 35.1 Å². The van der Waals surface area contributed by atoms with Crippen molar-refractivity contribution in [2.45, 2.75) is 38.2 Å². The molecule has 1 aliphatic carbocycles. The van der Waals surface area contributed by atoms with Gasteiger partial charge in [-0.15, -0.1) is 0 Å². The van der Waals surface area contributed by atoms with Crippen molar-refractivity contribution in [1.82, 2.24) is 9.71 Å². The number of amides is 1. The number of carbonyl (C=O) groups is 1. The van der Waals surface area contributed by atoms with E-state index in [-0.39, 0.29) is 30.9 Å². The number of nitrogens with one attached hydrogen (secondary N) is 1. The van der Waals surface area contributed by atoms with Gasteiger partial charge in [0.1, 0.15) is 12.4 Å². The number of rotatable bonds is 9. The molecule has 10 heteroatoms. The standard InChI is InChI=1S/C27H28F2N2O5S/c1-37(33,34)31-26(32)21-7-5-19(6-8-21)17-35-24-4-2-3-22(15-24)23-9-10-25(30-16-23)36-18-20-11-13-27(28,29)14-12-20/h2-10,15-16,20H,11-14,17-18H2,1H3,(H,31,32). The average molecular weight is 531 g/mol. The van der Waals surface area contributed by atoms with Gasteiger partial charge in [-0.1, -0.05) is 24.3 Å². The molecule has 1 amide bonds. The van der Waals surface area contributed by atoms with Gasteiger partial charge in [0.15, 0.2) is 0 Å². The smallest absolute Gasteiger partial charge is 0.264 e. The fourth-order valence-corrected chi connectivity index (χ4v) is 4.47. The lowest BCUT2D eigenvalue weighted by Crippen LogP contribution is -2.29. The third-order valence-corrected chi connectivity index (χ3v) is 6.66. The molecule has 1 heterocycles. The molecule has 1 aromatic heterocycles. The van der Waals surface area contributed by atoms with Gasteiger partial charge in [0, 0.05) is 36.2 Å². The number of carbonyl (C=O) groups excluding carboxylic acids is 1. The van der Waals surface area contributed by atoms with Crippen molar-refractivity contribution in [3.63, 3.8) is 0 Å². The maximum Gasteiger partial charge on any atom is 0.264 e. The molecule has 1 aliphatic rings. The Kier molecular flexibility index (Phi) is 8.06. The first kappa shape index (κ1) is 26.5. The maximum atomic E-state index is 13.3. The fraction of sp³-hybridized carbons (Fsp3) is 0.333. The Bertz CT molecular complexity index is 1320. The van der Waals surface area contributed by atoms with Crippen LogP contribution in [0.15, 0.2) is 66.9 Å². The molecule has 0 saturated heterocycles. The molecule has 4 rings (SSSR count). The summed E-state index contributed by atoms with van der Waals surface area (Å²) in [6.07, 6.45) is 3.37. The van der Waals surface area contributed by atoms with Crippen LogP contribution in [-0.4, -0.2) is 38.1 Å². The van der Waals surface area contributed by atoms with E-state index in [0.29, 0.717) is 31.1 Å². The minimum absolute atomic E-state index is 0.0837. The molecule has 2 aromatic carbocycles. The molecule has 1 saturated carbocycles. The van der Waals surface area contributed by atoms with E-state index in [9.17, 15) is 22.0 Å². The van der Waals surface area contributed by atoms with Crippen LogP contribution in [0.1, 0.15) is 41.6 Å². The van der Waals surface area contributed by atoms with Crippen molar-refractivity contribution < 1.29 is 31.5 Å². The van der Waals surface area contributed by atoms with Crippen LogP contribution in [0, 0.1) is 5.92 Å². The van der Waals surface area contributed by atoms with Gasteiger partial charge in [-0.05, 0) is 60.2 Å². The summed E-state index contributed by atoms with van der Waals surface area (Å²) in [5, 5.41) is 0. The highest BCUT2D eigenvalue weighted by molar-refractivity contribution is 7.89. The number of aromatic nitrogens is 1. The molecule has 1 N–H and O–H groups in total. The Morgan fingerprint density at radius 2 is 1.76 bits per heavy atom. The number of benzene rings is 2. The minimum Gasteiger partial charge on any atom is -0.489 e. The van der Waals surface area contributed by atoms with Crippen LogP contribution >= 0.6 is 0 Å². The van der Waals surface area contributed by atoms with Crippen LogP contribution in [0.3, 0.4) is 0 Å². The zero-order chi connectivity index (χ0) is 26.5. The maximum absolute atomic E-state index is 13.3. The van der Waals surface area contributed by atoms with E-state index >= 15 is 0 Å². The predicted octanol–water partition coefficient (Wildman–Crippen LogP) is 5.22. The number of hydrogen-bond donors (Lipinski definition) is 1. The van der Waals surface area contributed by atoms with Crippen molar-refractivity contribution >= 4 is 15.9 Å². The van der Waals surface area contributed by atoms with Crippen molar-refractivity contribution in [1.29, 1.82) is 0 Å². The van der Waals surface area contributed by atoms with Crippen LogP contribution in [0.5, 0.6) is 11.6 Å². The molecule has 7 nitrogen and oxygen atoms in total. The van der Waals surface area contributed by atoms with Crippen LogP contribution in [0.2, 0.25) is 0 Å². The monoisotopic (exact) mass is 530 g/mol. The first-order valence-electron chi connectivity index (χ1n) is 11.9. The van der Waals surface area contributed by atoms with Gasteiger partial charge in [0.2, 0.25) is 21.8 Å². The molecule has 37 heavy (non-hydrogen) atoms. The van der Waals surface area contributed by atoms with E-state index in [1.165, 1.54) is 12.1 Å². The molecule has 0 radical (unpaired) electrons. The lowest BCUT2D eigenvalue weighted by Gasteiger charge is -2.27. The van der Waals surface area contributed by atoms with E-state index < -0.39 is 21.9 Å². The van der Waals surface area contributed by atoms with Gasteiger partial charge >= 0.3 is 0 Å². The topological polar surface area (TPSA) is 94.6 Å². The molecule has 0 atom stereocenters. The van der Waals surface area contributed by atoms with E-state index in [4.69, 9.17) is 9.47 Å². The molecule has 3 aromatic rings. The van der Waals surface area contributed by atoms with E-state index in [0.717, 1.165) is 22.9 Å². The summed E-state index contributed by atoms with van der Waals surface area (Å²) in [5.41, 5.74) is 2.82. The SMILES string of the molecule is CS(=O)(=O)NC(=O)c1ccc(COc2cccc(-c3ccc(OCC4CCC(F)(F)CC4)nc3)c2)cc1. The second kappa shape index (κ2) is 11.2. The third-order valence-electron chi connectivity index (χ3n) is 6.11. The molecule has 0 spiro atoms. The summed E-state index contributed by atoms with van der Waals surface area (Å²) >= 11 is 0. The predicted molar refractivity (Wildman–Crippen MR) is 135 cm³/mol. The Balaban J connectivity index is 1.30. The summed E-state index contributed by atoms with van der Waals surface area (Å²) in [7, 11) is -3.63. The number of ether oxygens (including phenoxy) is 2. The van der Waals surface area contributed by atoms with Gasteiger partial charge in [0.05, 0.1) is 12.9 Å². The Labute approximate surface area is 214 Å². The van der Waals surface area contributed by atoms with Gasteiger partial charge in [0.25, 0.3) is 5.91 Å². The molecule has 0 bridgehead atoms. The van der Waals surface area contributed by atoms with Crippen LogP contribution in [-0.2, 0) is 16.6 Å². The number of nitrogens with zero attached hydrogens (tertiary/aromatic N) is 1. The quantitative estimate of drug-likeness (QED) is 0.408. The van der Waals surface area contributed by atoms with Crippen LogP contribution in [0.4, 0.5) is 8.78 Å². The molecule has 0 unspecified atom stereocenters. The highest BCUT2D eigenvalue weighted by Gasteiger charge is 2.35. The second-order valence-corrected chi connectivity index (χ2v) is 11.0. The summed E-state index contributed by atoms with van der Waals surface area (Å²) in [5.74, 6) is -2.01. The summed E-state index contributed by atoms with van der Waals surface area (Å²) in [6.45, 7) is 0.644. The zero-order valence-corrected chi connectivity index (χ0v) is 21.1. The Morgan fingerprint density at radius 1 is 1.03 bits per heavy atom. The van der Waals surface area contributed by atoms with E-state index in [1.54, 1.807) is 24.4 Å². The minimum atomic E-state index is -3.63. The van der Waals surface area contributed by atoms with Crippen molar-refractivity contribution in [3.8, 4) is 22.8 Å². The average Bonchev–Trinajstić information content (AvgIpc) is 2.87. The van der Waals surface area contributed by atoms with Crippen LogP contribution < -0.4 is 14.2 Å². The van der Waals surface area contributed by atoms with Crippen molar-refractivity contribution in [2.75, 3.05) is 12.9 Å². The highest BCUT2D eigenvalue weighted by atomic mass is 32.2. The molecular formula is C27H28F2N2O5S. The van der Waals surface area contributed by atoms with Gasteiger partial charge < -0.3 is 9.47 Å². The number of sulfonamides is 1. The number of alkyl halides is 2. The Morgan fingerprint density at radius 3 is 2.41 bits per heavy atom. The zero-order valence-electron chi connectivity index (χ0n) is 20.3. The highest BCUT2D eigenvalue weighted by Crippen LogP contribution is 2.36. The summed E-state index contributed by atoms with van der Waals surface area (Å²) in [4.78, 5) is 16.3. The van der Waals surface area contributed by atoms with Gasteiger partial charge in [-0.25, -0.2) is 26.9 Å². The third kappa shape index (κ3) is 7.98. The van der Waals surface area contributed by atoms with E-state index in [2.05, 4.69) is 4.98 Å². The van der Waals surface area contributed by atoms with Crippen LogP contribution in [0.25, 0.3) is 11.1 Å². The van der Waals surface area contributed by atoms with Gasteiger partial charge in [-0.3, -0.25) is 4.79 Å². The number of pyridine rings is 1. The normalized spacial score (nSPS) is 15.6. The lowest BCUT2D eigenvalue weighted by atomic mass is 9.87. The first-order chi connectivity index (χ1) is 17.6. The van der Waals surface area contributed by atoms with Crippen molar-refractivity contribution in [2.24, 2.45) is 5.92 Å². The van der Waals surface area contributed by atoms with Crippen molar-refractivity contribution in [3.05, 3.63) is 78.0 Å². The molecular weight excluding hydrogens is 502 g/mol. The summed E-state index contributed by atoms with van der Waals surface area (Å²) < 4.78 is 62.6. The molecule has 1 fully saturated rings. The lowest BCUT2D eigenvalue weighted by molar-refractivity contribution is -0.0500. The summed E-state index contributed by atoms with van der Waals surface area (Å²) in [6, 6.07) is 17.6. The first-order valence-corrected chi connectivity index (χ1v) is 13.8. The molecule has 196 valence electrons. The van der Waals surface area contributed by atoms with Gasteiger partial charge in [-0.2, -0.15) is 0 Å². The fourth-order valence-electron chi connectivity index (χ4n) is 4.02.